The van der Waals surface area contributed by atoms with Crippen LogP contribution in [-0.2, 0) is 0 Å². The Hall–Kier alpha value is -2.37. The van der Waals surface area contributed by atoms with E-state index in [0.717, 1.165) is 28.0 Å². The van der Waals surface area contributed by atoms with E-state index in [-0.39, 0.29) is 5.54 Å². The van der Waals surface area contributed by atoms with E-state index in [0.29, 0.717) is 17.7 Å². The first kappa shape index (κ1) is 18.4. The average molecular weight is 371 g/mol. The van der Waals surface area contributed by atoms with Crippen molar-refractivity contribution >= 4 is 33.9 Å². The van der Waals surface area contributed by atoms with Gasteiger partial charge in [0.05, 0.1) is 11.9 Å². The molecule has 6 heteroatoms. The highest BCUT2D eigenvalue weighted by atomic mass is 35.5. The van der Waals surface area contributed by atoms with Gasteiger partial charge in [-0.25, -0.2) is 9.97 Å². The van der Waals surface area contributed by atoms with Crippen LogP contribution in [-0.4, -0.2) is 22.1 Å². The van der Waals surface area contributed by atoms with Gasteiger partial charge in [0.15, 0.2) is 0 Å². The highest BCUT2D eigenvalue weighted by Crippen LogP contribution is 2.28. The maximum atomic E-state index is 6.28. The maximum absolute atomic E-state index is 6.28. The summed E-state index contributed by atoms with van der Waals surface area (Å²) in [6.45, 7) is 6.66. The number of anilines is 2. The second-order valence-corrected chi connectivity index (χ2v) is 7.37. The molecule has 136 valence electrons. The zero-order chi connectivity index (χ0) is 18.7. The summed E-state index contributed by atoms with van der Waals surface area (Å²) < 4.78 is 5.92. The van der Waals surface area contributed by atoms with Gasteiger partial charge in [0.1, 0.15) is 23.3 Å². The highest BCUT2D eigenvalue weighted by Gasteiger charge is 2.23. The van der Waals surface area contributed by atoms with Crippen molar-refractivity contribution in [3.05, 3.63) is 53.9 Å². The lowest BCUT2D eigenvalue weighted by atomic mass is 9.91. The summed E-state index contributed by atoms with van der Waals surface area (Å²) in [5.41, 5.74) is 6.73. The van der Waals surface area contributed by atoms with Gasteiger partial charge in [0.25, 0.3) is 0 Å². The van der Waals surface area contributed by atoms with Gasteiger partial charge >= 0.3 is 0 Å². The van der Waals surface area contributed by atoms with Crippen LogP contribution in [0.2, 0.25) is 5.15 Å². The molecule has 0 fully saturated rings. The molecular weight excluding hydrogens is 348 g/mol. The van der Waals surface area contributed by atoms with Crippen LogP contribution < -0.4 is 15.8 Å². The summed E-state index contributed by atoms with van der Waals surface area (Å²) in [4.78, 5) is 8.50. The average Bonchev–Trinajstić information content (AvgIpc) is 2.62. The molecule has 0 saturated heterocycles. The molecule has 1 aromatic carbocycles. The van der Waals surface area contributed by atoms with Crippen LogP contribution in [0.3, 0.4) is 0 Å². The zero-order valence-electron chi connectivity index (χ0n) is 15.2. The van der Waals surface area contributed by atoms with Crippen molar-refractivity contribution in [2.75, 3.05) is 11.9 Å². The van der Waals surface area contributed by atoms with Crippen molar-refractivity contribution in [1.29, 1.82) is 0 Å². The topological polar surface area (TPSA) is 73.1 Å². The van der Waals surface area contributed by atoms with Gasteiger partial charge in [-0.15, -0.1) is 0 Å². The van der Waals surface area contributed by atoms with Crippen molar-refractivity contribution in [3.63, 3.8) is 0 Å². The van der Waals surface area contributed by atoms with Gasteiger partial charge < -0.3 is 15.8 Å². The summed E-state index contributed by atoms with van der Waals surface area (Å²) in [6.07, 6.45) is 3.44. The Labute approximate surface area is 158 Å². The molecule has 26 heavy (non-hydrogen) atoms. The molecule has 0 aliphatic heterocycles. The molecule has 0 aliphatic rings. The first-order valence-electron chi connectivity index (χ1n) is 8.54. The quantitative estimate of drug-likeness (QED) is 0.611. The Morgan fingerprint density at radius 3 is 2.69 bits per heavy atom. The number of nitrogens with two attached hydrogens (primary N) is 1. The van der Waals surface area contributed by atoms with E-state index in [4.69, 9.17) is 22.1 Å². The lowest BCUT2D eigenvalue weighted by Crippen LogP contribution is -2.47. The molecule has 2 heterocycles. The summed E-state index contributed by atoms with van der Waals surface area (Å²) in [5, 5.41) is 5.75. The molecule has 3 N–H and O–H groups in total. The minimum absolute atomic E-state index is 0.330. The largest absolute Gasteiger partial charge is 0.492 e. The van der Waals surface area contributed by atoms with E-state index in [9.17, 15) is 0 Å². The molecule has 1 unspecified atom stereocenters. The van der Waals surface area contributed by atoms with E-state index in [1.807, 2.05) is 37.3 Å². The summed E-state index contributed by atoms with van der Waals surface area (Å²) >= 11 is 5.83. The van der Waals surface area contributed by atoms with Gasteiger partial charge in [0, 0.05) is 17.1 Å². The van der Waals surface area contributed by atoms with Crippen molar-refractivity contribution in [1.82, 2.24) is 9.97 Å². The standard InChI is InChI=1S/C20H23ClN4O/c1-13(2)20(3,22)12-26-16-5-6-17-14(10-16)8-9-23-19(17)25-15-4-7-18(21)24-11-15/h4-11,13H,12,22H2,1-3H3,(H,23,25). The number of aromatic nitrogens is 2. The molecule has 0 spiro atoms. The predicted octanol–water partition coefficient (Wildman–Crippen LogP) is 4.78. The van der Waals surface area contributed by atoms with Crippen molar-refractivity contribution in [2.24, 2.45) is 11.7 Å². The third kappa shape index (κ3) is 4.23. The fourth-order valence-corrected chi connectivity index (χ4v) is 2.45. The van der Waals surface area contributed by atoms with Gasteiger partial charge in [-0.3, -0.25) is 0 Å². The number of ether oxygens (including phenoxy) is 1. The number of benzene rings is 1. The van der Waals surface area contributed by atoms with E-state index < -0.39 is 0 Å². The Morgan fingerprint density at radius 1 is 1.19 bits per heavy atom. The Morgan fingerprint density at radius 2 is 2.00 bits per heavy atom. The smallest absolute Gasteiger partial charge is 0.138 e. The summed E-state index contributed by atoms with van der Waals surface area (Å²) in [6, 6.07) is 11.5. The number of hydrogen-bond donors (Lipinski definition) is 2. The van der Waals surface area contributed by atoms with Crippen LogP contribution in [0.5, 0.6) is 5.75 Å². The molecule has 0 aliphatic carbocycles. The fourth-order valence-electron chi connectivity index (χ4n) is 2.34. The lowest BCUT2D eigenvalue weighted by molar-refractivity contribution is 0.188. The number of fused-ring (bicyclic) bond motifs is 1. The number of rotatable bonds is 6. The van der Waals surface area contributed by atoms with E-state index in [1.165, 1.54) is 0 Å². The second-order valence-electron chi connectivity index (χ2n) is 6.99. The van der Waals surface area contributed by atoms with E-state index >= 15 is 0 Å². The van der Waals surface area contributed by atoms with Crippen molar-refractivity contribution in [3.8, 4) is 5.75 Å². The fraction of sp³-hybridized carbons (Fsp3) is 0.300. The molecule has 0 amide bonds. The van der Waals surface area contributed by atoms with Gasteiger partial charge in [-0.2, -0.15) is 0 Å². The molecule has 0 saturated carbocycles. The monoisotopic (exact) mass is 370 g/mol. The number of hydrogen-bond acceptors (Lipinski definition) is 5. The molecule has 0 bridgehead atoms. The van der Waals surface area contributed by atoms with Crippen LogP contribution >= 0.6 is 11.6 Å². The Balaban J connectivity index is 1.82. The molecule has 3 rings (SSSR count). The van der Waals surface area contributed by atoms with Gasteiger partial charge in [0.2, 0.25) is 0 Å². The second kappa shape index (κ2) is 7.48. The number of nitrogens with zero attached hydrogens (tertiary/aromatic N) is 2. The SMILES string of the molecule is CC(C)C(C)(N)COc1ccc2c(Nc3ccc(Cl)nc3)nccc2c1. The van der Waals surface area contributed by atoms with Crippen LogP contribution in [0.25, 0.3) is 10.8 Å². The summed E-state index contributed by atoms with van der Waals surface area (Å²) in [7, 11) is 0. The van der Waals surface area contributed by atoms with Gasteiger partial charge in [-0.1, -0.05) is 25.4 Å². The van der Waals surface area contributed by atoms with E-state index in [2.05, 4.69) is 29.1 Å². The normalized spacial score (nSPS) is 13.6. The Bertz CT molecular complexity index is 894. The van der Waals surface area contributed by atoms with Crippen LogP contribution in [0.15, 0.2) is 48.8 Å². The third-order valence-electron chi connectivity index (χ3n) is 4.59. The lowest BCUT2D eigenvalue weighted by Gasteiger charge is -2.28. The van der Waals surface area contributed by atoms with Crippen molar-refractivity contribution < 1.29 is 4.74 Å². The molecule has 3 aromatic rings. The maximum Gasteiger partial charge on any atom is 0.138 e. The van der Waals surface area contributed by atoms with Crippen LogP contribution in [0.4, 0.5) is 11.5 Å². The first-order chi connectivity index (χ1) is 12.3. The van der Waals surface area contributed by atoms with Crippen LogP contribution in [0, 0.1) is 5.92 Å². The summed E-state index contributed by atoms with van der Waals surface area (Å²) in [5.74, 6) is 1.88. The Kier molecular flexibility index (Phi) is 5.30. The zero-order valence-corrected chi connectivity index (χ0v) is 15.9. The molecule has 5 nitrogen and oxygen atoms in total. The number of pyridine rings is 2. The minimum atomic E-state index is -0.374. The first-order valence-corrected chi connectivity index (χ1v) is 8.92. The molecular formula is C20H23ClN4O. The van der Waals surface area contributed by atoms with Gasteiger partial charge in [-0.05, 0) is 54.6 Å². The molecule has 1 atom stereocenters. The number of halogens is 1. The third-order valence-corrected chi connectivity index (χ3v) is 4.82. The predicted molar refractivity (Wildman–Crippen MR) is 107 cm³/mol. The van der Waals surface area contributed by atoms with Crippen molar-refractivity contribution in [2.45, 2.75) is 26.3 Å². The van der Waals surface area contributed by atoms with Crippen LogP contribution in [0.1, 0.15) is 20.8 Å². The molecule has 2 aromatic heterocycles. The molecule has 0 radical (unpaired) electrons. The van der Waals surface area contributed by atoms with E-state index in [1.54, 1.807) is 18.5 Å². The minimum Gasteiger partial charge on any atom is -0.492 e. The highest BCUT2D eigenvalue weighted by molar-refractivity contribution is 6.29. The number of nitrogens with one attached hydrogen (secondary N) is 1.